The monoisotopic (exact) mass is 314 g/mol. The number of fused-ring (bicyclic) bond motifs is 1. The Kier molecular flexibility index (Phi) is 4.99. The predicted octanol–water partition coefficient (Wildman–Crippen LogP) is 3.27. The summed E-state index contributed by atoms with van der Waals surface area (Å²) in [6.45, 7) is 4.32. The summed E-state index contributed by atoms with van der Waals surface area (Å²) in [5.41, 5.74) is 3.29. The van der Waals surface area contributed by atoms with E-state index in [2.05, 4.69) is 11.4 Å². The number of benzene rings is 1. The van der Waals surface area contributed by atoms with Crippen LogP contribution in [0.5, 0.6) is 0 Å². The van der Waals surface area contributed by atoms with Crippen LogP contribution in [0.3, 0.4) is 0 Å². The Labute approximate surface area is 138 Å². The topological polar surface area (TPSA) is 49.4 Å². The molecule has 1 fully saturated rings. The number of anilines is 1. The largest absolute Gasteiger partial charge is 0.385 e. The van der Waals surface area contributed by atoms with Gasteiger partial charge < -0.3 is 10.2 Å². The van der Waals surface area contributed by atoms with E-state index in [1.54, 1.807) is 6.92 Å². The van der Waals surface area contributed by atoms with Gasteiger partial charge in [-0.1, -0.05) is 12.1 Å². The van der Waals surface area contributed by atoms with Crippen LogP contribution >= 0.6 is 0 Å². The molecular formula is C19H26N2O2. The summed E-state index contributed by atoms with van der Waals surface area (Å²) >= 11 is 0. The van der Waals surface area contributed by atoms with Crippen LogP contribution < -0.4 is 5.32 Å². The Morgan fingerprint density at radius 2 is 2.04 bits per heavy atom. The molecule has 0 unspecified atom stereocenters. The second kappa shape index (κ2) is 7.16. The molecule has 0 spiro atoms. The number of aryl methyl sites for hydroxylation is 1. The van der Waals surface area contributed by atoms with Gasteiger partial charge in [0.1, 0.15) is 0 Å². The van der Waals surface area contributed by atoms with Crippen LogP contribution in [0, 0.1) is 5.92 Å². The molecule has 0 aliphatic carbocycles. The Hall–Kier alpha value is -1.84. The van der Waals surface area contributed by atoms with Crippen molar-refractivity contribution in [3.05, 3.63) is 29.3 Å². The van der Waals surface area contributed by atoms with Crippen molar-refractivity contribution in [2.45, 2.75) is 45.4 Å². The Morgan fingerprint density at radius 1 is 1.26 bits per heavy atom. The zero-order chi connectivity index (χ0) is 16.2. The Bertz CT molecular complexity index is 589. The first-order valence-corrected chi connectivity index (χ1v) is 8.79. The maximum absolute atomic E-state index is 12.5. The lowest BCUT2D eigenvalue weighted by Crippen LogP contribution is -2.37. The van der Waals surface area contributed by atoms with Crippen molar-refractivity contribution >= 4 is 17.4 Å². The molecule has 1 N–H and O–H groups in total. The number of piperidine rings is 1. The van der Waals surface area contributed by atoms with Crippen molar-refractivity contribution in [1.29, 1.82) is 0 Å². The van der Waals surface area contributed by atoms with Gasteiger partial charge in [-0.25, -0.2) is 0 Å². The average molecular weight is 314 g/mol. The first-order valence-electron chi connectivity index (χ1n) is 8.79. The molecule has 2 aliphatic rings. The summed E-state index contributed by atoms with van der Waals surface area (Å²) in [5, 5.41) is 3.39. The van der Waals surface area contributed by atoms with Gasteiger partial charge in [0, 0.05) is 44.2 Å². The molecule has 4 heteroatoms. The standard InChI is InChI=1S/C19H26N2O2/c1-14(22)21-11-8-15(9-12-21)4-7-19(23)17-6-5-16-3-2-10-20-18(16)13-17/h5-6,13,15,20H,2-4,7-12H2,1H3. The van der Waals surface area contributed by atoms with E-state index in [0.29, 0.717) is 12.3 Å². The third-order valence-corrected chi connectivity index (χ3v) is 5.21. The van der Waals surface area contributed by atoms with E-state index in [9.17, 15) is 9.59 Å². The molecule has 0 aromatic heterocycles. The van der Waals surface area contributed by atoms with Crippen LogP contribution in [0.25, 0.3) is 0 Å². The van der Waals surface area contributed by atoms with Crippen LogP contribution in [-0.4, -0.2) is 36.2 Å². The van der Waals surface area contributed by atoms with Crippen molar-refractivity contribution in [2.24, 2.45) is 5.92 Å². The van der Waals surface area contributed by atoms with Gasteiger partial charge in [-0.15, -0.1) is 0 Å². The van der Waals surface area contributed by atoms with Crippen LogP contribution in [0.1, 0.15) is 54.9 Å². The fourth-order valence-corrected chi connectivity index (χ4v) is 3.65. The number of carbonyl (C=O) groups is 2. The highest BCUT2D eigenvalue weighted by molar-refractivity contribution is 5.97. The third-order valence-electron chi connectivity index (χ3n) is 5.21. The maximum atomic E-state index is 12.5. The summed E-state index contributed by atoms with van der Waals surface area (Å²) in [7, 11) is 0. The molecular weight excluding hydrogens is 288 g/mol. The molecule has 0 atom stereocenters. The first-order chi connectivity index (χ1) is 11.1. The van der Waals surface area contributed by atoms with Crippen LogP contribution in [0.2, 0.25) is 0 Å². The first kappa shape index (κ1) is 16.0. The quantitative estimate of drug-likeness (QED) is 0.868. The lowest BCUT2D eigenvalue weighted by Gasteiger charge is -2.31. The number of rotatable bonds is 4. The number of Topliss-reactive ketones (excluding diaryl/α,β-unsaturated/α-hetero) is 1. The molecule has 4 nitrogen and oxygen atoms in total. The number of nitrogens with zero attached hydrogens (tertiary/aromatic N) is 1. The number of carbonyl (C=O) groups excluding carboxylic acids is 2. The molecule has 124 valence electrons. The van der Waals surface area contributed by atoms with Crippen molar-refractivity contribution in [3.8, 4) is 0 Å². The van der Waals surface area contributed by atoms with E-state index in [1.165, 1.54) is 12.0 Å². The van der Waals surface area contributed by atoms with Crippen LogP contribution in [-0.2, 0) is 11.2 Å². The van der Waals surface area contributed by atoms with Gasteiger partial charge in [-0.2, -0.15) is 0 Å². The van der Waals surface area contributed by atoms with E-state index in [1.807, 2.05) is 17.0 Å². The number of ketones is 1. The SMILES string of the molecule is CC(=O)N1CCC(CCC(=O)c2ccc3c(c2)NCCC3)CC1. The van der Waals surface area contributed by atoms with E-state index in [4.69, 9.17) is 0 Å². The van der Waals surface area contributed by atoms with Crippen LogP contribution in [0.4, 0.5) is 5.69 Å². The summed E-state index contributed by atoms with van der Waals surface area (Å²) < 4.78 is 0. The minimum absolute atomic E-state index is 0.168. The zero-order valence-electron chi connectivity index (χ0n) is 13.9. The lowest BCUT2D eigenvalue weighted by molar-refractivity contribution is -0.130. The van der Waals surface area contributed by atoms with Crippen molar-refractivity contribution in [1.82, 2.24) is 4.90 Å². The molecule has 1 aromatic carbocycles. The number of hydrogen-bond acceptors (Lipinski definition) is 3. The van der Waals surface area contributed by atoms with Gasteiger partial charge in [0.2, 0.25) is 5.91 Å². The smallest absolute Gasteiger partial charge is 0.219 e. The molecule has 0 radical (unpaired) electrons. The summed E-state index contributed by atoms with van der Waals surface area (Å²) in [6, 6.07) is 6.10. The molecule has 23 heavy (non-hydrogen) atoms. The summed E-state index contributed by atoms with van der Waals surface area (Å²) in [4.78, 5) is 25.7. The second-order valence-corrected chi connectivity index (χ2v) is 6.81. The number of hydrogen-bond donors (Lipinski definition) is 1. The Morgan fingerprint density at radius 3 is 2.78 bits per heavy atom. The summed E-state index contributed by atoms with van der Waals surface area (Å²) in [6.07, 6.45) is 5.88. The highest BCUT2D eigenvalue weighted by Gasteiger charge is 2.21. The molecule has 0 bridgehead atoms. The molecule has 2 heterocycles. The number of likely N-dealkylation sites (tertiary alicyclic amines) is 1. The van der Waals surface area contributed by atoms with E-state index >= 15 is 0 Å². The molecule has 0 saturated carbocycles. The summed E-state index contributed by atoms with van der Waals surface area (Å²) in [5.74, 6) is 0.987. The van der Waals surface area contributed by atoms with E-state index < -0.39 is 0 Å². The zero-order valence-corrected chi connectivity index (χ0v) is 13.9. The van der Waals surface area contributed by atoms with Gasteiger partial charge in [-0.05, 0) is 49.7 Å². The fraction of sp³-hybridized carbons (Fsp3) is 0.579. The van der Waals surface area contributed by atoms with Crippen molar-refractivity contribution in [2.75, 3.05) is 25.0 Å². The number of amides is 1. The van der Waals surface area contributed by atoms with E-state index in [0.717, 1.165) is 56.6 Å². The third kappa shape index (κ3) is 3.92. The highest BCUT2D eigenvalue weighted by atomic mass is 16.2. The average Bonchev–Trinajstić information content (AvgIpc) is 2.59. The maximum Gasteiger partial charge on any atom is 0.219 e. The molecule has 1 saturated heterocycles. The highest BCUT2D eigenvalue weighted by Crippen LogP contribution is 2.26. The minimum Gasteiger partial charge on any atom is -0.385 e. The van der Waals surface area contributed by atoms with E-state index in [-0.39, 0.29) is 11.7 Å². The van der Waals surface area contributed by atoms with Gasteiger partial charge in [-0.3, -0.25) is 9.59 Å². The van der Waals surface area contributed by atoms with Gasteiger partial charge in [0.05, 0.1) is 0 Å². The van der Waals surface area contributed by atoms with Gasteiger partial charge >= 0.3 is 0 Å². The normalized spacial score (nSPS) is 18.2. The Balaban J connectivity index is 1.51. The van der Waals surface area contributed by atoms with Gasteiger partial charge in [0.15, 0.2) is 5.78 Å². The van der Waals surface area contributed by atoms with Crippen molar-refractivity contribution < 1.29 is 9.59 Å². The minimum atomic E-state index is 0.168. The van der Waals surface area contributed by atoms with Crippen molar-refractivity contribution in [3.63, 3.8) is 0 Å². The predicted molar refractivity (Wildman–Crippen MR) is 91.8 cm³/mol. The molecule has 1 aromatic rings. The number of nitrogens with one attached hydrogen (secondary N) is 1. The second-order valence-electron chi connectivity index (χ2n) is 6.81. The molecule has 2 aliphatic heterocycles. The molecule has 3 rings (SSSR count). The van der Waals surface area contributed by atoms with Crippen LogP contribution in [0.15, 0.2) is 18.2 Å². The molecule has 1 amide bonds. The fourth-order valence-electron chi connectivity index (χ4n) is 3.65. The lowest BCUT2D eigenvalue weighted by atomic mass is 9.90. The van der Waals surface area contributed by atoms with Gasteiger partial charge in [0.25, 0.3) is 0 Å².